The van der Waals surface area contributed by atoms with Gasteiger partial charge in [-0.3, -0.25) is 0 Å². The Morgan fingerprint density at radius 2 is 0.257 bits per heavy atom. The van der Waals surface area contributed by atoms with Crippen LogP contribution in [0.1, 0.15) is 214 Å². The molecule has 0 rings (SSSR count). The Bertz CT molecular complexity index is 531. The largest absolute Gasteiger partial charge is 0.334 e. The monoisotopic (exact) mass is 1100 g/mol. The molecule has 0 bridgehead atoms. The van der Waals surface area contributed by atoms with Gasteiger partial charge in [0.25, 0.3) is 0 Å². The summed E-state index contributed by atoms with van der Waals surface area (Å²) >= 11 is 0. The van der Waals surface area contributed by atoms with Gasteiger partial charge in [0.2, 0.25) is 0 Å². The highest BCUT2D eigenvalue weighted by atomic mass is 31.2. The Kier molecular flexibility index (Phi) is 147. The number of rotatable bonds is 36. The minimum absolute atomic E-state index is 1.17. The molecule has 0 aromatic heterocycles. The molecule has 0 aliphatic heterocycles. The van der Waals surface area contributed by atoms with Crippen LogP contribution < -0.4 is 42.5 Å². The van der Waals surface area contributed by atoms with Crippen molar-refractivity contribution in [2.75, 3.05) is 105 Å². The van der Waals surface area contributed by atoms with Crippen molar-refractivity contribution in [2.24, 2.45) is 0 Å². The smallest absolute Gasteiger partial charge is 0.328 e. The lowest BCUT2D eigenvalue weighted by atomic mass is 10.4. The quantitative estimate of drug-likeness (QED) is 0.0205. The van der Waals surface area contributed by atoms with E-state index in [1.54, 1.807) is 0 Å². The molecule has 0 aromatic rings. The van der Waals surface area contributed by atoms with Crippen molar-refractivity contribution in [3.63, 3.8) is 0 Å². The van der Waals surface area contributed by atoms with Gasteiger partial charge in [-0.05, 0) is 207 Å². The van der Waals surface area contributed by atoms with Crippen LogP contribution in [0.3, 0.4) is 0 Å². The first-order chi connectivity index (χ1) is 33.6. The third kappa shape index (κ3) is 190. The van der Waals surface area contributed by atoms with Crippen LogP contribution in [0.2, 0.25) is 0 Å². The molecule has 0 saturated heterocycles. The summed E-state index contributed by atoms with van der Waals surface area (Å²) in [5.74, 6) is 0. The summed E-state index contributed by atoms with van der Waals surface area (Å²) in [6.07, 6.45) is 20.0. The van der Waals surface area contributed by atoms with E-state index < -0.39 is 34.4 Å². The van der Waals surface area contributed by atoms with Gasteiger partial charge in [0.15, 0.2) is 0 Å². The highest BCUT2D eigenvalue weighted by Crippen LogP contribution is 2.42. The third-order valence-electron chi connectivity index (χ3n) is 7.12. The van der Waals surface area contributed by atoms with E-state index >= 15 is 0 Å². The highest BCUT2D eigenvalue weighted by Gasteiger charge is 2.06. The summed E-state index contributed by atoms with van der Waals surface area (Å²) in [5.41, 5.74) is 0. The lowest BCUT2D eigenvalue weighted by molar-refractivity contribution is 0.321. The van der Waals surface area contributed by atoms with Crippen LogP contribution >= 0.6 is 34.4 Å². The van der Waals surface area contributed by atoms with Crippen LogP contribution in [0.5, 0.6) is 0 Å². The summed E-state index contributed by atoms with van der Waals surface area (Å²) in [7, 11) is -10.4. The molecule has 0 aliphatic carbocycles. The topological polar surface area (TPSA) is 277 Å². The zero-order chi connectivity index (χ0) is 56.0. The highest BCUT2D eigenvalue weighted by molar-refractivity contribution is 7.53. The molecule has 0 heterocycles. The Hall–Kier alpha value is 1.000. The van der Waals surface area contributed by atoms with Gasteiger partial charge in [-0.15, -0.1) is 0 Å². The molecule has 0 fully saturated rings. The molecular formula is C48H128N8O10P4. The summed E-state index contributed by atoms with van der Waals surface area (Å²) < 4.78 is 7.20. The summed E-state index contributed by atoms with van der Waals surface area (Å²) in [4.78, 5) is 62.5. The number of nitrogens with one attached hydrogen (secondary N) is 8. The molecule has 0 aromatic carbocycles. The van der Waals surface area contributed by atoms with E-state index in [0.717, 1.165) is 0 Å². The molecule has 0 unspecified atom stereocenters. The van der Waals surface area contributed by atoms with E-state index in [0.29, 0.717) is 0 Å². The first kappa shape index (κ1) is 93.5. The lowest BCUT2D eigenvalue weighted by Crippen LogP contribution is -2.14. The summed E-state index contributed by atoms with van der Waals surface area (Å²) in [6.45, 7) is 53.7. The zero-order valence-electron chi connectivity index (χ0n) is 48.8. The van der Waals surface area contributed by atoms with E-state index in [9.17, 15) is 0 Å². The number of hydrogen-bond acceptors (Lipinski definition) is 18. The van der Waals surface area contributed by atoms with Gasteiger partial charge in [-0.2, -0.15) is 0 Å². The normalized spacial score (nSPS) is 9.77. The van der Waals surface area contributed by atoms with Crippen molar-refractivity contribution in [3.05, 3.63) is 0 Å². The standard InChI is InChI=1S/8C6H15N.2H4O5P2/c8*1-3-5-7-6-4-2;2*1-6(2)5-7(3)4/h8*7H,3-6H2,1-2H3;2*1-4H. The van der Waals surface area contributed by atoms with E-state index in [1.165, 1.54) is 207 Å². The van der Waals surface area contributed by atoms with Gasteiger partial charge < -0.3 is 81.7 Å². The predicted octanol–water partition coefficient (Wildman–Crippen LogP) is 10.0. The molecule has 0 saturated carbocycles. The van der Waals surface area contributed by atoms with Crippen LogP contribution in [0, 0.1) is 0 Å². The maximum atomic E-state index is 7.82. The van der Waals surface area contributed by atoms with Crippen LogP contribution in [-0.2, 0) is 8.62 Å². The Labute approximate surface area is 441 Å². The zero-order valence-corrected chi connectivity index (χ0v) is 52.4. The maximum Gasteiger partial charge on any atom is 0.334 e. The first-order valence-electron chi connectivity index (χ1n) is 27.3. The number of hydrogen-bond donors (Lipinski definition) is 16. The van der Waals surface area contributed by atoms with Crippen molar-refractivity contribution < 1.29 is 47.8 Å². The second-order valence-electron chi connectivity index (χ2n) is 15.2. The summed E-state index contributed by atoms with van der Waals surface area (Å²) in [6, 6.07) is 0. The van der Waals surface area contributed by atoms with Crippen LogP contribution in [0.25, 0.3) is 0 Å². The minimum Gasteiger partial charge on any atom is -0.328 e. The molecule has 0 radical (unpaired) electrons. The lowest BCUT2D eigenvalue weighted by Gasteiger charge is -2.00. The van der Waals surface area contributed by atoms with Gasteiger partial charge in [-0.25, -0.2) is 8.62 Å². The Morgan fingerprint density at radius 1 is 0.186 bits per heavy atom. The molecule has 0 amide bonds. The molecule has 0 spiro atoms. The van der Waals surface area contributed by atoms with E-state index in [1.807, 2.05) is 0 Å². The first-order valence-corrected chi connectivity index (χ1v) is 32.0. The molecule has 16 N–H and O–H groups in total. The fourth-order valence-electron chi connectivity index (χ4n) is 3.96. The van der Waals surface area contributed by atoms with Crippen molar-refractivity contribution >= 4 is 34.4 Å². The maximum absolute atomic E-state index is 7.82. The van der Waals surface area contributed by atoms with Gasteiger partial charge in [-0.1, -0.05) is 111 Å². The average Bonchev–Trinajstić information content (AvgIpc) is 3.32. The van der Waals surface area contributed by atoms with Crippen molar-refractivity contribution in [1.29, 1.82) is 0 Å². The molecule has 70 heavy (non-hydrogen) atoms. The predicted molar refractivity (Wildman–Crippen MR) is 315 cm³/mol. The van der Waals surface area contributed by atoms with Crippen molar-refractivity contribution in [1.82, 2.24) is 42.5 Å². The fourth-order valence-corrected chi connectivity index (χ4v) is 5.00. The Morgan fingerprint density at radius 3 is 0.286 bits per heavy atom. The van der Waals surface area contributed by atoms with Gasteiger partial charge in [0, 0.05) is 0 Å². The van der Waals surface area contributed by atoms with Gasteiger partial charge >= 0.3 is 34.4 Å². The van der Waals surface area contributed by atoms with Gasteiger partial charge in [0.1, 0.15) is 0 Å². The van der Waals surface area contributed by atoms with E-state index in [4.69, 9.17) is 39.1 Å². The molecule has 22 heteroatoms. The summed E-state index contributed by atoms with van der Waals surface area (Å²) in [5, 5.41) is 26.3. The van der Waals surface area contributed by atoms with Gasteiger partial charge in [0.05, 0.1) is 0 Å². The Balaban J connectivity index is -0.0000000714. The second kappa shape index (κ2) is 110. The van der Waals surface area contributed by atoms with E-state index in [-0.39, 0.29) is 0 Å². The molecule has 0 aliphatic rings. The second-order valence-corrected chi connectivity index (χ2v) is 18.5. The van der Waals surface area contributed by atoms with Crippen LogP contribution in [0.15, 0.2) is 0 Å². The van der Waals surface area contributed by atoms with Crippen molar-refractivity contribution in [3.8, 4) is 0 Å². The van der Waals surface area contributed by atoms with Crippen molar-refractivity contribution in [2.45, 2.75) is 214 Å². The van der Waals surface area contributed by atoms with Crippen LogP contribution in [0.4, 0.5) is 0 Å². The molecular weight excluding hydrogens is 972 g/mol. The average molecular weight is 1100 g/mol. The van der Waals surface area contributed by atoms with Crippen LogP contribution in [-0.4, -0.2) is 144 Å². The minimum atomic E-state index is -2.61. The molecule has 0 atom stereocenters. The fraction of sp³-hybridized carbons (Fsp3) is 1.00. The molecule has 18 nitrogen and oxygen atoms in total. The SMILES string of the molecule is CCCNCCC.CCCNCCC.CCCNCCC.CCCNCCC.CCCNCCC.CCCNCCC.CCCNCCC.CCCNCCC.OP(O)OP(O)O.OP(O)OP(O)O. The molecule has 440 valence electrons. The third-order valence-corrected chi connectivity index (χ3v) is 9.46. The van der Waals surface area contributed by atoms with E-state index in [2.05, 4.69) is 162 Å².